The number of rotatable bonds is 6. The normalized spacial score (nSPS) is 11.0. The monoisotopic (exact) mass is 621 g/mol. The fraction of sp³-hybridized carbons (Fsp3) is 0.0263. The molecule has 4 aromatic heterocycles. The lowest BCUT2D eigenvalue weighted by Gasteiger charge is -2.14. The largest absolute Gasteiger partial charge is 0.256 e. The molecule has 7 heteroatoms. The summed E-state index contributed by atoms with van der Waals surface area (Å²) < 4.78 is 0. The summed E-state index contributed by atoms with van der Waals surface area (Å²) in [6, 6.07) is 37.5. The number of aromatic nitrogens is 5. The molecule has 0 spiro atoms. The Morgan fingerprint density at radius 3 is 1.31 bits per heavy atom. The zero-order valence-electron chi connectivity index (χ0n) is 24.2. The van der Waals surface area contributed by atoms with Gasteiger partial charge in [-0.2, -0.15) is 0 Å². The van der Waals surface area contributed by atoms with Gasteiger partial charge in [-0.1, -0.05) is 71.7 Å². The van der Waals surface area contributed by atoms with Crippen molar-refractivity contribution in [1.29, 1.82) is 0 Å². The maximum Gasteiger partial charge on any atom is 0.161 e. The number of aryl methyl sites for hydroxylation is 1. The van der Waals surface area contributed by atoms with E-state index >= 15 is 0 Å². The van der Waals surface area contributed by atoms with Gasteiger partial charge in [-0.25, -0.2) is 9.97 Å². The Bertz CT molecular complexity index is 1880. The van der Waals surface area contributed by atoms with Crippen molar-refractivity contribution in [2.75, 3.05) is 0 Å². The molecular formula is C38H25Cl2N5. The van der Waals surface area contributed by atoms with Crippen LogP contribution in [0.25, 0.3) is 67.7 Å². The molecule has 7 aromatic rings. The molecule has 0 radical (unpaired) electrons. The van der Waals surface area contributed by atoms with Crippen LogP contribution in [0.15, 0.2) is 134 Å². The molecule has 45 heavy (non-hydrogen) atoms. The van der Waals surface area contributed by atoms with Crippen molar-refractivity contribution < 1.29 is 0 Å². The number of pyridine rings is 3. The van der Waals surface area contributed by atoms with E-state index in [0.29, 0.717) is 27.1 Å². The molecule has 0 saturated heterocycles. The van der Waals surface area contributed by atoms with Gasteiger partial charge in [-0.05, 0) is 79.2 Å². The van der Waals surface area contributed by atoms with Gasteiger partial charge in [0.1, 0.15) is 0 Å². The zero-order chi connectivity index (χ0) is 30.8. The summed E-state index contributed by atoms with van der Waals surface area (Å²) in [7, 11) is 0. The molecule has 0 aliphatic heterocycles. The summed E-state index contributed by atoms with van der Waals surface area (Å²) in [6.07, 6.45) is 5.33. The molecule has 4 heterocycles. The second-order valence-electron chi connectivity index (χ2n) is 10.5. The van der Waals surface area contributed by atoms with Gasteiger partial charge < -0.3 is 0 Å². The van der Waals surface area contributed by atoms with E-state index in [1.54, 1.807) is 18.6 Å². The van der Waals surface area contributed by atoms with E-state index in [1.165, 1.54) is 0 Å². The maximum atomic E-state index is 6.92. The number of nitrogens with zero attached hydrogens (tertiary/aromatic N) is 5. The predicted octanol–water partition coefficient (Wildman–Crippen LogP) is 10.3. The van der Waals surface area contributed by atoms with E-state index in [0.717, 1.165) is 56.2 Å². The third-order valence-electron chi connectivity index (χ3n) is 7.57. The van der Waals surface area contributed by atoms with Crippen LogP contribution >= 0.6 is 23.2 Å². The SMILES string of the molecule is Cc1cc(-c2ccccn2)ccc1-c1cc(-c2ccc(-c3ccccn3)cc2Cl)nc(-c2ccc(-c3ccccn3)cc2Cl)n1. The van der Waals surface area contributed by atoms with E-state index in [4.69, 9.17) is 33.2 Å². The first-order valence-electron chi connectivity index (χ1n) is 14.4. The van der Waals surface area contributed by atoms with Gasteiger partial charge in [0, 0.05) is 52.0 Å². The molecule has 0 aliphatic rings. The number of hydrogen-bond donors (Lipinski definition) is 0. The Hall–Kier alpha value is -5.23. The Labute approximate surface area is 271 Å². The summed E-state index contributed by atoms with van der Waals surface area (Å²) in [5.74, 6) is 0.498. The summed E-state index contributed by atoms with van der Waals surface area (Å²) in [5, 5.41) is 1.09. The molecule has 3 aromatic carbocycles. The van der Waals surface area contributed by atoms with Gasteiger partial charge >= 0.3 is 0 Å². The first-order chi connectivity index (χ1) is 22.0. The van der Waals surface area contributed by atoms with Gasteiger partial charge in [0.15, 0.2) is 5.82 Å². The van der Waals surface area contributed by atoms with E-state index in [9.17, 15) is 0 Å². The van der Waals surface area contributed by atoms with Gasteiger partial charge in [0.25, 0.3) is 0 Å². The number of hydrogen-bond acceptors (Lipinski definition) is 5. The molecule has 0 amide bonds. The van der Waals surface area contributed by atoms with Gasteiger partial charge in [0.2, 0.25) is 0 Å². The van der Waals surface area contributed by atoms with Crippen molar-refractivity contribution in [1.82, 2.24) is 24.9 Å². The van der Waals surface area contributed by atoms with Gasteiger partial charge in [-0.3, -0.25) is 15.0 Å². The highest BCUT2D eigenvalue weighted by Crippen LogP contribution is 2.37. The lowest BCUT2D eigenvalue weighted by Crippen LogP contribution is -1.98. The van der Waals surface area contributed by atoms with Crippen LogP contribution in [0.1, 0.15) is 5.56 Å². The van der Waals surface area contributed by atoms with E-state index in [-0.39, 0.29) is 0 Å². The number of halogens is 2. The summed E-state index contributed by atoms with van der Waals surface area (Å²) in [4.78, 5) is 23.5. The summed E-state index contributed by atoms with van der Waals surface area (Å²) in [6.45, 7) is 2.08. The van der Waals surface area contributed by atoms with Crippen LogP contribution < -0.4 is 0 Å². The Kier molecular flexibility index (Phi) is 7.87. The van der Waals surface area contributed by atoms with Crippen LogP contribution in [0.2, 0.25) is 10.0 Å². The van der Waals surface area contributed by atoms with E-state index in [2.05, 4.69) is 40.1 Å². The average molecular weight is 623 g/mol. The highest BCUT2D eigenvalue weighted by atomic mass is 35.5. The Morgan fingerprint density at radius 2 is 0.867 bits per heavy atom. The second-order valence-corrected chi connectivity index (χ2v) is 11.3. The highest BCUT2D eigenvalue weighted by molar-refractivity contribution is 6.34. The standard InChI is InChI=1S/C38H25Cl2N5/c1-24-20-25(33-8-2-5-17-41-33)11-14-28(24)36-23-37(29-15-12-26(21-31(29)39)34-9-3-6-18-42-34)45-38(44-36)30-16-13-27(22-32(30)40)35-10-4-7-19-43-35/h2-23H,1H3. The van der Waals surface area contributed by atoms with Crippen LogP contribution in [-0.4, -0.2) is 24.9 Å². The van der Waals surface area contributed by atoms with Crippen molar-refractivity contribution in [2.24, 2.45) is 0 Å². The average Bonchev–Trinajstić information content (AvgIpc) is 3.09. The molecule has 0 unspecified atom stereocenters. The first-order valence-corrected chi connectivity index (χ1v) is 15.1. The molecule has 0 fully saturated rings. The van der Waals surface area contributed by atoms with Crippen LogP contribution in [0.3, 0.4) is 0 Å². The molecule has 0 atom stereocenters. The van der Waals surface area contributed by atoms with E-state index < -0.39 is 0 Å². The molecular weight excluding hydrogens is 597 g/mol. The van der Waals surface area contributed by atoms with Gasteiger partial charge in [-0.15, -0.1) is 0 Å². The van der Waals surface area contributed by atoms with E-state index in [1.807, 2.05) is 97.1 Å². The quantitative estimate of drug-likeness (QED) is 0.185. The maximum absolute atomic E-state index is 6.92. The minimum absolute atomic E-state index is 0.498. The summed E-state index contributed by atoms with van der Waals surface area (Å²) in [5.41, 5.74) is 10.4. The van der Waals surface area contributed by atoms with Gasteiger partial charge in [0.05, 0.1) is 38.5 Å². The van der Waals surface area contributed by atoms with Crippen LogP contribution in [-0.2, 0) is 0 Å². The third kappa shape index (κ3) is 5.96. The van der Waals surface area contributed by atoms with Crippen LogP contribution in [0.4, 0.5) is 0 Å². The Morgan fingerprint density at radius 1 is 0.422 bits per heavy atom. The number of benzene rings is 3. The third-order valence-corrected chi connectivity index (χ3v) is 8.19. The molecule has 5 nitrogen and oxygen atoms in total. The first kappa shape index (κ1) is 28.5. The lowest BCUT2D eigenvalue weighted by molar-refractivity contribution is 1.18. The predicted molar refractivity (Wildman–Crippen MR) is 183 cm³/mol. The minimum atomic E-state index is 0.498. The Balaban J connectivity index is 1.36. The van der Waals surface area contributed by atoms with Crippen molar-refractivity contribution in [3.63, 3.8) is 0 Å². The fourth-order valence-electron chi connectivity index (χ4n) is 5.29. The second kappa shape index (κ2) is 12.4. The molecule has 0 bridgehead atoms. The molecule has 0 aliphatic carbocycles. The van der Waals surface area contributed by atoms with Crippen LogP contribution in [0.5, 0.6) is 0 Å². The smallest absolute Gasteiger partial charge is 0.161 e. The molecule has 216 valence electrons. The summed E-state index contributed by atoms with van der Waals surface area (Å²) >= 11 is 13.8. The fourth-order valence-corrected chi connectivity index (χ4v) is 5.83. The minimum Gasteiger partial charge on any atom is -0.256 e. The highest BCUT2D eigenvalue weighted by Gasteiger charge is 2.17. The van der Waals surface area contributed by atoms with Crippen molar-refractivity contribution in [2.45, 2.75) is 6.92 Å². The van der Waals surface area contributed by atoms with Crippen molar-refractivity contribution in [3.05, 3.63) is 149 Å². The molecule has 0 saturated carbocycles. The van der Waals surface area contributed by atoms with Crippen molar-refractivity contribution >= 4 is 23.2 Å². The lowest BCUT2D eigenvalue weighted by atomic mass is 9.98. The molecule has 0 N–H and O–H groups in total. The topological polar surface area (TPSA) is 64.5 Å². The van der Waals surface area contributed by atoms with Crippen molar-refractivity contribution in [3.8, 4) is 67.7 Å². The van der Waals surface area contributed by atoms with Crippen LogP contribution in [0, 0.1) is 6.92 Å². The zero-order valence-corrected chi connectivity index (χ0v) is 25.7. The molecule has 7 rings (SSSR count).